The molecule has 1 unspecified atom stereocenters. The van der Waals surface area contributed by atoms with Gasteiger partial charge in [0, 0.05) is 23.2 Å². The summed E-state index contributed by atoms with van der Waals surface area (Å²) in [6, 6.07) is 8.22. The highest BCUT2D eigenvalue weighted by Crippen LogP contribution is 2.37. The summed E-state index contributed by atoms with van der Waals surface area (Å²) in [5.74, 6) is 1.66. The topological polar surface area (TPSA) is 41.6 Å². The molecule has 3 saturated heterocycles. The van der Waals surface area contributed by atoms with Crippen LogP contribution in [0.2, 0.25) is 0 Å². The van der Waals surface area contributed by atoms with Gasteiger partial charge in [0.15, 0.2) is 0 Å². The number of hydrogen-bond acceptors (Lipinski definition) is 4. The molecule has 0 radical (unpaired) electrons. The Morgan fingerprint density at radius 3 is 3.04 bits per heavy atom. The number of nitrogens with zero attached hydrogens (tertiary/aromatic N) is 1. The molecule has 4 rings (SSSR count). The van der Waals surface area contributed by atoms with Gasteiger partial charge in [-0.25, -0.2) is 4.79 Å². The Morgan fingerprint density at radius 2 is 2.35 bits per heavy atom. The van der Waals surface area contributed by atoms with E-state index in [1.165, 1.54) is 25.8 Å². The molecule has 2 bridgehead atoms. The van der Waals surface area contributed by atoms with Gasteiger partial charge in [-0.05, 0) is 55.7 Å². The van der Waals surface area contributed by atoms with Gasteiger partial charge in [-0.2, -0.15) is 0 Å². The number of fused-ring (bicyclic) bond motifs is 3. The molecule has 0 saturated carbocycles. The molecule has 0 aromatic heterocycles. The third-order valence-corrected chi connectivity index (χ3v) is 5.99. The Morgan fingerprint density at radius 1 is 1.48 bits per heavy atom. The Bertz CT molecular complexity index is 552. The molecule has 1 aromatic carbocycles. The van der Waals surface area contributed by atoms with Crippen molar-refractivity contribution in [3.63, 3.8) is 0 Å². The lowest BCUT2D eigenvalue weighted by Crippen LogP contribution is -2.54. The number of carbonyl (C=O) groups is 1. The van der Waals surface area contributed by atoms with Crippen LogP contribution in [0.4, 0.5) is 10.5 Å². The van der Waals surface area contributed by atoms with Crippen LogP contribution < -0.4 is 5.32 Å². The quantitative estimate of drug-likeness (QED) is 0.824. The van der Waals surface area contributed by atoms with Crippen LogP contribution in [0.3, 0.4) is 0 Å². The average molecular weight is 334 g/mol. The molecule has 23 heavy (non-hydrogen) atoms. The van der Waals surface area contributed by atoms with Gasteiger partial charge in [-0.15, -0.1) is 11.8 Å². The van der Waals surface area contributed by atoms with E-state index in [0.717, 1.165) is 29.0 Å². The molecule has 126 valence electrons. The molecule has 3 aliphatic heterocycles. The summed E-state index contributed by atoms with van der Waals surface area (Å²) in [7, 11) is 0. The maximum atomic E-state index is 12.0. The van der Waals surface area contributed by atoms with Crippen LogP contribution in [-0.4, -0.2) is 43.0 Å². The summed E-state index contributed by atoms with van der Waals surface area (Å²) >= 11 is 1.66. The highest BCUT2D eigenvalue weighted by Gasteiger charge is 2.39. The van der Waals surface area contributed by atoms with Crippen LogP contribution in [0.5, 0.6) is 0 Å². The first kappa shape index (κ1) is 16.7. The third kappa shape index (κ3) is 4.01. The first-order valence-electron chi connectivity index (χ1n) is 8.51. The largest absolute Gasteiger partial charge is 0.448 e. The number of ether oxygens (including phenoxy) is 1. The minimum Gasteiger partial charge on any atom is -0.448 e. The number of amides is 1. The summed E-state index contributed by atoms with van der Waals surface area (Å²) in [5, 5.41) is 2.83. The summed E-state index contributed by atoms with van der Waals surface area (Å²) in [4.78, 5) is 15.7. The standard InChI is InChI=1S/C18H26N2O2S/c1-3-13-11-20-8-7-14(13)9-16(20)12-22-18(21)19-15-5-4-6-17(10-15)23-2/h4-6,10,13-14,16H,3,7-9,11-12H2,1-2H3,(H,19,21)/t13-,14-,16+/m0/s1. The van der Waals surface area contributed by atoms with Crippen LogP contribution in [0.15, 0.2) is 29.2 Å². The van der Waals surface area contributed by atoms with Gasteiger partial charge in [-0.1, -0.05) is 19.4 Å². The Kier molecular flexibility index (Phi) is 5.49. The van der Waals surface area contributed by atoms with Crippen molar-refractivity contribution in [3.8, 4) is 0 Å². The molecule has 4 nitrogen and oxygen atoms in total. The second-order valence-electron chi connectivity index (χ2n) is 6.56. The van der Waals surface area contributed by atoms with Crippen LogP contribution in [0, 0.1) is 11.8 Å². The molecule has 5 heteroatoms. The van der Waals surface area contributed by atoms with Gasteiger partial charge in [0.25, 0.3) is 0 Å². The Balaban J connectivity index is 1.48. The average Bonchev–Trinajstić information content (AvgIpc) is 2.60. The van der Waals surface area contributed by atoms with Crippen molar-refractivity contribution in [3.05, 3.63) is 24.3 Å². The molecule has 1 aromatic rings. The van der Waals surface area contributed by atoms with E-state index >= 15 is 0 Å². The number of anilines is 1. The third-order valence-electron chi connectivity index (χ3n) is 5.26. The van der Waals surface area contributed by atoms with Gasteiger partial charge >= 0.3 is 6.09 Å². The van der Waals surface area contributed by atoms with Crippen molar-refractivity contribution in [1.29, 1.82) is 0 Å². The SMILES string of the molecule is CC[C@H]1CN2CC[C@H]1C[C@@H]2COC(=O)Nc1cccc(SC)c1. The zero-order valence-electron chi connectivity index (χ0n) is 14.0. The lowest BCUT2D eigenvalue weighted by atomic mass is 9.75. The van der Waals surface area contributed by atoms with Crippen LogP contribution in [0.25, 0.3) is 0 Å². The summed E-state index contributed by atoms with van der Waals surface area (Å²) in [6.07, 6.45) is 5.42. The fourth-order valence-corrected chi connectivity index (χ4v) is 4.37. The first-order chi connectivity index (χ1) is 11.2. The number of benzene rings is 1. The number of thioether (sulfide) groups is 1. The Hall–Kier alpha value is -1.20. The summed E-state index contributed by atoms with van der Waals surface area (Å²) in [5.41, 5.74) is 0.790. The maximum Gasteiger partial charge on any atom is 0.411 e. The molecule has 1 amide bonds. The minimum absolute atomic E-state index is 0.349. The molecule has 0 spiro atoms. The van der Waals surface area contributed by atoms with Crippen molar-refractivity contribution in [2.75, 3.05) is 31.3 Å². The fraction of sp³-hybridized carbons (Fsp3) is 0.611. The first-order valence-corrected chi connectivity index (χ1v) is 9.74. The van der Waals surface area contributed by atoms with E-state index < -0.39 is 0 Å². The minimum atomic E-state index is -0.349. The lowest BCUT2D eigenvalue weighted by molar-refractivity contribution is -0.0240. The molecule has 4 atom stereocenters. The molecule has 3 fully saturated rings. The van der Waals surface area contributed by atoms with E-state index in [1.54, 1.807) is 11.8 Å². The number of piperidine rings is 3. The molecular formula is C18H26N2O2S. The molecule has 1 N–H and O–H groups in total. The summed E-state index contributed by atoms with van der Waals surface area (Å²) in [6.45, 7) is 5.12. The van der Waals surface area contributed by atoms with E-state index in [2.05, 4.69) is 17.1 Å². The highest BCUT2D eigenvalue weighted by molar-refractivity contribution is 7.98. The number of nitrogens with one attached hydrogen (secondary N) is 1. The van der Waals surface area contributed by atoms with Crippen molar-refractivity contribution in [1.82, 2.24) is 4.90 Å². The molecule has 3 aliphatic rings. The van der Waals surface area contributed by atoms with E-state index in [1.807, 2.05) is 30.5 Å². The van der Waals surface area contributed by atoms with Gasteiger partial charge in [0.1, 0.15) is 6.61 Å². The van der Waals surface area contributed by atoms with Crippen LogP contribution in [0.1, 0.15) is 26.2 Å². The van der Waals surface area contributed by atoms with Crippen molar-refractivity contribution < 1.29 is 9.53 Å². The summed E-state index contributed by atoms with van der Waals surface area (Å²) < 4.78 is 5.48. The van der Waals surface area contributed by atoms with Gasteiger partial charge < -0.3 is 4.74 Å². The second kappa shape index (κ2) is 7.58. The zero-order chi connectivity index (χ0) is 16.2. The molecule has 3 heterocycles. The van der Waals surface area contributed by atoms with Crippen molar-refractivity contribution >= 4 is 23.5 Å². The fourth-order valence-electron chi connectivity index (χ4n) is 3.91. The normalized spacial score (nSPS) is 29.3. The Labute approximate surface area is 143 Å². The zero-order valence-corrected chi connectivity index (χ0v) is 14.8. The lowest BCUT2D eigenvalue weighted by Gasteiger charge is -2.49. The molecular weight excluding hydrogens is 308 g/mol. The second-order valence-corrected chi connectivity index (χ2v) is 7.44. The van der Waals surface area contributed by atoms with Crippen LogP contribution in [-0.2, 0) is 4.74 Å². The predicted molar refractivity (Wildman–Crippen MR) is 95.1 cm³/mol. The number of rotatable bonds is 5. The van der Waals surface area contributed by atoms with Crippen molar-refractivity contribution in [2.45, 2.75) is 37.1 Å². The highest BCUT2D eigenvalue weighted by atomic mass is 32.2. The van der Waals surface area contributed by atoms with E-state index in [9.17, 15) is 4.79 Å². The smallest absolute Gasteiger partial charge is 0.411 e. The number of carbonyl (C=O) groups excluding carboxylic acids is 1. The van der Waals surface area contributed by atoms with Gasteiger partial charge in [0.2, 0.25) is 0 Å². The number of hydrogen-bond donors (Lipinski definition) is 1. The van der Waals surface area contributed by atoms with Crippen LogP contribution >= 0.6 is 11.8 Å². The van der Waals surface area contributed by atoms with Gasteiger partial charge in [0.05, 0.1) is 0 Å². The van der Waals surface area contributed by atoms with E-state index in [0.29, 0.717) is 12.6 Å². The predicted octanol–water partition coefficient (Wildman–Crippen LogP) is 4.08. The van der Waals surface area contributed by atoms with E-state index in [-0.39, 0.29) is 6.09 Å². The van der Waals surface area contributed by atoms with Crippen molar-refractivity contribution in [2.24, 2.45) is 11.8 Å². The monoisotopic (exact) mass is 334 g/mol. The molecule has 0 aliphatic carbocycles. The maximum absolute atomic E-state index is 12.0. The van der Waals surface area contributed by atoms with Gasteiger partial charge in [-0.3, -0.25) is 10.2 Å². The van der Waals surface area contributed by atoms with E-state index in [4.69, 9.17) is 4.74 Å².